The number of rotatable bonds is 38. The van der Waals surface area contributed by atoms with E-state index < -0.39 is 50.5 Å². The van der Waals surface area contributed by atoms with Crippen molar-refractivity contribution in [2.75, 3.05) is 25.2 Å². The van der Waals surface area contributed by atoms with Crippen molar-refractivity contribution in [3.05, 3.63) is 179 Å². The summed E-state index contributed by atoms with van der Waals surface area (Å²) in [6.45, 7) is 3.71. The Bertz CT molecular complexity index is 2210. The molecule has 0 radical (unpaired) electrons. The summed E-state index contributed by atoms with van der Waals surface area (Å²) >= 11 is 3.49. The molecule has 1 fully saturated rings. The van der Waals surface area contributed by atoms with Crippen LogP contribution in [0.5, 0.6) is 0 Å². The van der Waals surface area contributed by atoms with Gasteiger partial charge in [-0.05, 0) is 34.2 Å². The smallest absolute Gasteiger partial charge is 0.306 e. The summed E-state index contributed by atoms with van der Waals surface area (Å²) in [6.07, 6.45) is 10.7. The van der Waals surface area contributed by atoms with E-state index >= 15 is 4.57 Å². The minimum Gasteiger partial charge on any atom is -0.457 e. The molecule has 1 aliphatic rings. The Morgan fingerprint density at radius 3 is 1.46 bits per heavy atom. The molecule has 5 aromatic rings. The first-order valence-electron chi connectivity index (χ1n) is 27.3. The molecule has 0 amide bonds. The molecule has 1 aliphatic heterocycles. The van der Waals surface area contributed by atoms with Crippen molar-refractivity contribution >= 4 is 29.7 Å². The molecule has 6 rings (SSSR count). The molecule has 0 N–H and O–H groups in total. The average Bonchev–Trinajstić information content (AvgIpc) is 3.43. The standard InChI is InChI=1S/C62H82BrO10P/c1-2-3-4-5-6-7-8-9-10-11-12-13-29-40-57(64)71-56(48-66-42-41-63)62(74(65)49-54-38-27-18-28-39-54)73-61-60(70-46-53-36-25-17-26-37-53)59(69-45-52-34-23-16-24-35-52)58(68-44-51-32-21-15-22-33-51)55(72-61)47-67-43-50-30-19-14-20-31-50/h14-28,30-39,55-56,58-62,74H,2-13,29,40-49H2,1H3/t55-,56?,58-,59+,60-,61+,62?/m1/s1. The zero-order valence-corrected chi connectivity index (χ0v) is 46.3. The van der Waals surface area contributed by atoms with Crippen molar-refractivity contribution in [3.8, 4) is 0 Å². The highest BCUT2D eigenvalue weighted by Crippen LogP contribution is 2.41. The summed E-state index contributed by atoms with van der Waals surface area (Å²) in [5, 5.41) is 0.563. The van der Waals surface area contributed by atoms with Gasteiger partial charge in [0.1, 0.15) is 32.2 Å². The molecule has 5 aromatic carbocycles. The van der Waals surface area contributed by atoms with Crippen LogP contribution in [-0.4, -0.2) is 73.8 Å². The summed E-state index contributed by atoms with van der Waals surface area (Å²) in [4.78, 5) is 13.9. The van der Waals surface area contributed by atoms with Gasteiger partial charge in [-0.3, -0.25) is 4.79 Å². The topological polar surface area (TPSA) is 108 Å². The van der Waals surface area contributed by atoms with Crippen LogP contribution in [0, 0.1) is 0 Å². The molecule has 12 heteroatoms. The first kappa shape index (κ1) is 59.2. The second-order valence-corrected chi connectivity index (χ2v) is 21.9. The Hall–Kier alpha value is -4.00. The van der Waals surface area contributed by atoms with Crippen LogP contribution in [0.2, 0.25) is 0 Å². The van der Waals surface area contributed by atoms with Crippen LogP contribution >= 0.6 is 23.7 Å². The van der Waals surface area contributed by atoms with Crippen molar-refractivity contribution in [3.63, 3.8) is 0 Å². The Labute approximate surface area is 451 Å². The van der Waals surface area contributed by atoms with Crippen LogP contribution in [0.25, 0.3) is 0 Å². The Balaban J connectivity index is 1.27. The van der Waals surface area contributed by atoms with Gasteiger partial charge in [0, 0.05) is 17.9 Å². The largest absolute Gasteiger partial charge is 0.457 e. The predicted molar refractivity (Wildman–Crippen MR) is 299 cm³/mol. The van der Waals surface area contributed by atoms with E-state index in [2.05, 4.69) is 22.9 Å². The molecule has 0 aromatic heterocycles. The van der Waals surface area contributed by atoms with E-state index in [0.29, 0.717) is 25.0 Å². The zero-order valence-electron chi connectivity index (χ0n) is 43.7. The van der Waals surface area contributed by atoms with Gasteiger partial charge in [-0.2, -0.15) is 0 Å². The maximum Gasteiger partial charge on any atom is 0.306 e. The van der Waals surface area contributed by atoms with Crippen LogP contribution in [0.15, 0.2) is 152 Å². The fourth-order valence-corrected chi connectivity index (χ4v) is 11.2. The second kappa shape index (κ2) is 36.1. The number of ether oxygens (including phenoxy) is 8. The SMILES string of the molecule is CCCCCCCCCCCCCCCC(=O)OC(COCCBr)C(O[C@@H]1O[C@H](COCc2ccccc2)[C@@H](OCc2ccccc2)[C@H](OCc2ccccc2)[C@H]1OCc1ccccc1)[PH](=O)Cc1ccccc1. The maximum atomic E-state index is 15.2. The molecule has 0 bridgehead atoms. The molecule has 8 atom stereocenters. The molecule has 10 nitrogen and oxygen atoms in total. The Morgan fingerprint density at radius 2 is 0.973 bits per heavy atom. The van der Waals surface area contributed by atoms with Crippen LogP contribution in [0.3, 0.4) is 0 Å². The number of benzene rings is 5. The van der Waals surface area contributed by atoms with Crippen LogP contribution < -0.4 is 0 Å². The van der Waals surface area contributed by atoms with Gasteiger partial charge in [-0.25, -0.2) is 0 Å². The van der Waals surface area contributed by atoms with Crippen molar-refractivity contribution in [1.82, 2.24) is 0 Å². The van der Waals surface area contributed by atoms with Gasteiger partial charge in [-0.15, -0.1) is 0 Å². The number of carbonyl (C=O) groups is 1. The van der Waals surface area contributed by atoms with Crippen LogP contribution in [-0.2, 0) is 79.8 Å². The van der Waals surface area contributed by atoms with E-state index in [4.69, 9.17) is 37.9 Å². The Morgan fingerprint density at radius 1 is 0.541 bits per heavy atom. The summed E-state index contributed by atoms with van der Waals surface area (Å²) in [7, 11) is -2.78. The minimum absolute atomic E-state index is 0.0333. The maximum absolute atomic E-state index is 15.2. The summed E-state index contributed by atoms with van der Waals surface area (Å²) in [5.41, 5.74) is 4.74. The number of unbranched alkanes of at least 4 members (excludes halogenated alkanes) is 12. The number of alkyl halides is 1. The van der Waals surface area contributed by atoms with Gasteiger partial charge in [0.25, 0.3) is 0 Å². The van der Waals surface area contributed by atoms with E-state index in [0.717, 1.165) is 47.1 Å². The highest BCUT2D eigenvalue weighted by atomic mass is 79.9. The molecule has 0 spiro atoms. The van der Waals surface area contributed by atoms with E-state index in [1.54, 1.807) is 0 Å². The fraction of sp³-hybridized carbons (Fsp3) is 0.500. The molecule has 1 saturated heterocycles. The highest BCUT2D eigenvalue weighted by molar-refractivity contribution is 9.09. The lowest BCUT2D eigenvalue weighted by Gasteiger charge is -2.47. The van der Waals surface area contributed by atoms with Gasteiger partial charge in [0.15, 0.2) is 18.2 Å². The number of esters is 1. The number of halogens is 1. The van der Waals surface area contributed by atoms with E-state index in [9.17, 15) is 4.79 Å². The molecular formula is C62H82BrO10P. The lowest BCUT2D eigenvalue weighted by atomic mass is 9.97. The van der Waals surface area contributed by atoms with E-state index in [1.165, 1.54) is 57.8 Å². The zero-order chi connectivity index (χ0) is 51.7. The molecule has 74 heavy (non-hydrogen) atoms. The van der Waals surface area contributed by atoms with Crippen molar-refractivity contribution in [1.29, 1.82) is 0 Å². The molecule has 0 aliphatic carbocycles. The monoisotopic (exact) mass is 1100 g/mol. The summed E-state index contributed by atoms with van der Waals surface area (Å²) < 4.78 is 69.2. The third kappa shape index (κ3) is 22.3. The van der Waals surface area contributed by atoms with Gasteiger partial charge >= 0.3 is 5.97 Å². The van der Waals surface area contributed by atoms with Gasteiger partial charge in [0.05, 0.1) is 46.2 Å². The van der Waals surface area contributed by atoms with Crippen molar-refractivity contribution < 1.29 is 47.3 Å². The summed E-state index contributed by atoms with van der Waals surface area (Å²) in [5.74, 6) is -1.52. The van der Waals surface area contributed by atoms with E-state index in [1.807, 2.05) is 152 Å². The lowest BCUT2D eigenvalue weighted by Crippen LogP contribution is -2.62. The number of hydrogen-bond acceptors (Lipinski definition) is 10. The first-order chi connectivity index (χ1) is 36.5. The molecule has 402 valence electrons. The lowest BCUT2D eigenvalue weighted by molar-refractivity contribution is -0.335. The Kier molecular flexibility index (Phi) is 28.9. The molecular weight excluding hydrogens is 1020 g/mol. The van der Waals surface area contributed by atoms with Crippen LogP contribution in [0.1, 0.15) is 125 Å². The van der Waals surface area contributed by atoms with Crippen molar-refractivity contribution in [2.45, 2.75) is 172 Å². The van der Waals surface area contributed by atoms with Gasteiger partial charge in [0.2, 0.25) is 0 Å². The second-order valence-electron chi connectivity index (χ2n) is 19.3. The quantitative estimate of drug-likeness (QED) is 0.0164. The fourth-order valence-electron chi connectivity index (χ4n) is 9.22. The van der Waals surface area contributed by atoms with E-state index in [-0.39, 0.29) is 51.6 Å². The molecule has 3 unspecified atom stereocenters. The average molecular weight is 1100 g/mol. The van der Waals surface area contributed by atoms with Gasteiger partial charge < -0.3 is 42.5 Å². The predicted octanol–water partition coefficient (Wildman–Crippen LogP) is 14.6. The highest BCUT2D eigenvalue weighted by Gasteiger charge is 2.51. The van der Waals surface area contributed by atoms with Crippen LogP contribution in [0.4, 0.5) is 0 Å². The normalized spacial score (nSPS) is 18.9. The van der Waals surface area contributed by atoms with Crippen molar-refractivity contribution in [2.24, 2.45) is 0 Å². The number of hydrogen-bond donors (Lipinski definition) is 0. The summed E-state index contributed by atoms with van der Waals surface area (Å²) in [6, 6.07) is 49.5. The minimum atomic E-state index is -2.78. The molecule has 1 heterocycles. The third-order valence-electron chi connectivity index (χ3n) is 13.3. The number of carbonyl (C=O) groups excluding carboxylic acids is 1. The first-order valence-corrected chi connectivity index (χ1v) is 30.1. The third-order valence-corrected chi connectivity index (χ3v) is 15.5. The molecule has 0 saturated carbocycles. The van der Waals surface area contributed by atoms with Gasteiger partial charge in [-0.1, -0.05) is 252 Å².